The molecule has 0 spiro atoms. The SMILES string of the molecule is Cc1nccc(C(Cl)(Cl)Cl)n1. The molecule has 0 saturated carbocycles. The van der Waals surface area contributed by atoms with Gasteiger partial charge in [0.15, 0.2) is 0 Å². The van der Waals surface area contributed by atoms with Gasteiger partial charge in [-0.3, -0.25) is 0 Å². The Kier molecular flexibility index (Phi) is 2.58. The van der Waals surface area contributed by atoms with Gasteiger partial charge in [-0.25, -0.2) is 9.97 Å². The Morgan fingerprint density at radius 3 is 2.36 bits per heavy atom. The Balaban J connectivity index is 3.06. The molecule has 0 aliphatic heterocycles. The summed E-state index contributed by atoms with van der Waals surface area (Å²) >= 11 is 16.7. The second-order valence-electron chi connectivity index (χ2n) is 1.99. The van der Waals surface area contributed by atoms with Gasteiger partial charge in [-0.1, -0.05) is 34.8 Å². The molecule has 1 aromatic rings. The predicted molar refractivity (Wildman–Crippen MR) is 46.0 cm³/mol. The number of nitrogens with zero attached hydrogens (tertiary/aromatic N) is 2. The lowest BCUT2D eigenvalue weighted by Crippen LogP contribution is -2.04. The highest BCUT2D eigenvalue weighted by Gasteiger charge is 2.24. The molecule has 0 aliphatic carbocycles. The Hall–Kier alpha value is -0.0500. The number of halogens is 3. The summed E-state index contributed by atoms with van der Waals surface area (Å²) in [4.78, 5) is 7.80. The molecule has 0 radical (unpaired) electrons. The van der Waals surface area contributed by atoms with Crippen molar-refractivity contribution >= 4 is 34.8 Å². The lowest BCUT2D eigenvalue weighted by molar-refractivity contribution is 0.969. The van der Waals surface area contributed by atoms with Gasteiger partial charge in [0.25, 0.3) is 0 Å². The van der Waals surface area contributed by atoms with E-state index in [-0.39, 0.29) is 0 Å². The second kappa shape index (κ2) is 3.13. The fourth-order valence-corrected chi connectivity index (χ4v) is 0.930. The van der Waals surface area contributed by atoms with Gasteiger partial charge in [0, 0.05) is 6.20 Å². The molecule has 1 heterocycles. The molecule has 0 unspecified atom stereocenters. The summed E-state index contributed by atoms with van der Waals surface area (Å²) in [7, 11) is 0. The Morgan fingerprint density at radius 2 is 2.00 bits per heavy atom. The maximum absolute atomic E-state index is 5.57. The van der Waals surface area contributed by atoms with Gasteiger partial charge >= 0.3 is 0 Å². The zero-order valence-electron chi connectivity index (χ0n) is 5.68. The average Bonchev–Trinajstić information content (AvgIpc) is 1.86. The molecule has 0 aromatic carbocycles. The summed E-state index contributed by atoms with van der Waals surface area (Å²) < 4.78 is -1.45. The monoisotopic (exact) mass is 210 g/mol. The minimum Gasteiger partial charge on any atom is -0.242 e. The van der Waals surface area contributed by atoms with Crippen LogP contribution in [0, 0.1) is 6.92 Å². The van der Waals surface area contributed by atoms with E-state index < -0.39 is 3.79 Å². The standard InChI is InChI=1S/C6H5Cl3N2/c1-4-10-3-2-5(11-4)6(7,8)9/h2-3H,1H3. The van der Waals surface area contributed by atoms with Crippen LogP contribution in [0.1, 0.15) is 11.5 Å². The first-order valence-corrected chi connectivity index (χ1v) is 4.00. The van der Waals surface area contributed by atoms with E-state index in [0.29, 0.717) is 11.5 Å². The van der Waals surface area contributed by atoms with Crippen LogP contribution in [0.4, 0.5) is 0 Å². The average molecular weight is 211 g/mol. The largest absolute Gasteiger partial charge is 0.242 e. The molecule has 11 heavy (non-hydrogen) atoms. The molecule has 60 valence electrons. The van der Waals surface area contributed by atoms with Crippen LogP contribution in [0.25, 0.3) is 0 Å². The van der Waals surface area contributed by atoms with E-state index in [2.05, 4.69) is 9.97 Å². The Morgan fingerprint density at radius 1 is 1.36 bits per heavy atom. The van der Waals surface area contributed by atoms with Crippen LogP contribution >= 0.6 is 34.8 Å². The van der Waals surface area contributed by atoms with Gasteiger partial charge in [0.2, 0.25) is 3.79 Å². The topological polar surface area (TPSA) is 25.8 Å². The Labute approximate surface area is 79.5 Å². The molecule has 0 atom stereocenters. The third-order valence-corrected chi connectivity index (χ3v) is 1.65. The summed E-state index contributed by atoms with van der Waals surface area (Å²) in [6.45, 7) is 1.74. The lowest BCUT2D eigenvalue weighted by atomic mass is 10.4. The number of hydrogen-bond donors (Lipinski definition) is 0. The van der Waals surface area contributed by atoms with Crippen molar-refractivity contribution in [3.05, 3.63) is 23.8 Å². The van der Waals surface area contributed by atoms with Crippen molar-refractivity contribution in [1.82, 2.24) is 9.97 Å². The number of hydrogen-bond acceptors (Lipinski definition) is 2. The van der Waals surface area contributed by atoms with Crippen LogP contribution in [0.15, 0.2) is 12.3 Å². The summed E-state index contributed by atoms with van der Waals surface area (Å²) in [5, 5.41) is 0. The van der Waals surface area contributed by atoms with Gasteiger partial charge in [-0.15, -0.1) is 0 Å². The molecular weight excluding hydrogens is 206 g/mol. The minimum atomic E-state index is -1.45. The predicted octanol–water partition coefficient (Wildman–Crippen LogP) is 2.61. The lowest BCUT2D eigenvalue weighted by Gasteiger charge is -2.08. The second-order valence-corrected chi connectivity index (χ2v) is 4.27. The van der Waals surface area contributed by atoms with Crippen LogP contribution in [0.3, 0.4) is 0 Å². The normalized spacial score (nSPS) is 11.6. The molecule has 0 fully saturated rings. The fraction of sp³-hybridized carbons (Fsp3) is 0.333. The van der Waals surface area contributed by atoms with Gasteiger partial charge in [-0.2, -0.15) is 0 Å². The van der Waals surface area contributed by atoms with Gasteiger partial charge in [-0.05, 0) is 13.0 Å². The van der Waals surface area contributed by atoms with Crippen LogP contribution in [0.2, 0.25) is 0 Å². The van der Waals surface area contributed by atoms with Crippen molar-refractivity contribution in [3.63, 3.8) is 0 Å². The quantitative estimate of drug-likeness (QED) is 0.617. The highest BCUT2D eigenvalue weighted by molar-refractivity contribution is 6.66. The summed E-state index contributed by atoms with van der Waals surface area (Å²) in [6, 6.07) is 1.57. The molecular formula is C6H5Cl3N2. The fourth-order valence-electron chi connectivity index (χ4n) is 0.614. The van der Waals surface area contributed by atoms with E-state index in [1.54, 1.807) is 19.2 Å². The van der Waals surface area contributed by atoms with E-state index in [9.17, 15) is 0 Å². The number of aromatic nitrogens is 2. The maximum atomic E-state index is 5.57. The first-order valence-electron chi connectivity index (χ1n) is 2.87. The molecule has 0 N–H and O–H groups in total. The van der Waals surface area contributed by atoms with Crippen molar-refractivity contribution in [1.29, 1.82) is 0 Å². The van der Waals surface area contributed by atoms with Crippen LogP contribution in [0.5, 0.6) is 0 Å². The first kappa shape index (κ1) is 9.04. The molecule has 2 nitrogen and oxygen atoms in total. The molecule has 5 heteroatoms. The van der Waals surface area contributed by atoms with Gasteiger partial charge < -0.3 is 0 Å². The molecule has 0 bridgehead atoms. The first-order chi connectivity index (χ1) is 5.00. The zero-order valence-corrected chi connectivity index (χ0v) is 7.95. The highest BCUT2D eigenvalue weighted by Crippen LogP contribution is 2.36. The summed E-state index contributed by atoms with van der Waals surface area (Å²) in [5.41, 5.74) is 0.398. The van der Waals surface area contributed by atoms with Crippen molar-refractivity contribution in [2.24, 2.45) is 0 Å². The van der Waals surface area contributed by atoms with Crippen LogP contribution in [-0.4, -0.2) is 9.97 Å². The number of alkyl halides is 3. The third kappa shape index (κ3) is 2.47. The highest BCUT2D eigenvalue weighted by atomic mass is 35.6. The van der Waals surface area contributed by atoms with Crippen molar-refractivity contribution in [2.45, 2.75) is 10.7 Å². The molecule has 0 saturated heterocycles. The van der Waals surface area contributed by atoms with E-state index in [0.717, 1.165) is 0 Å². The van der Waals surface area contributed by atoms with Crippen molar-refractivity contribution < 1.29 is 0 Å². The van der Waals surface area contributed by atoms with E-state index in [4.69, 9.17) is 34.8 Å². The van der Waals surface area contributed by atoms with Crippen LogP contribution < -0.4 is 0 Å². The van der Waals surface area contributed by atoms with E-state index >= 15 is 0 Å². The van der Waals surface area contributed by atoms with E-state index in [1.807, 2.05) is 0 Å². The van der Waals surface area contributed by atoms with Crippen molar-refractivity contribution in [3.8, 4) is 0 Å². The molecule has 1 aromatic heterocycles. The summed E-state index contributed by atoms with van der Waals surface area (Å²) in [5.74, 6) is 0.592. The Bertz CT molecular complexity index is 256. The summed E-state index contributed by atoms with van der Waals surface area (Å²) in [6.07, 6.45) is 1.56. The van der Waals surface area contributed by atoms with Gasteiger partial charge in [0.05, 0.1) is 5.69 Å². The molecule has 0 aliphatic rings. The minimum absolute atomic E-state index is 0.398. The van der Waals surface area contributed by atoms with Crippen molar-refractivity contribution in [2.75, 3.05) is 0 Å². The van der Waals surface area contributed by atoms with Gasteiger partial charge in [0.1, 0.15) is 5.82 Å². The number of aryl methyl sites for hydroxylation is 1. The molecule has 0 amide bonds. The van der Waals surface area contributed by atoms with E-state index in [1.165, 1.54) is 0 Å². The molecule has 1 rings (SSSR count). The number of rotatable bonds is 0. The maximum Gasteiger partial charge on any atom is 0.232 e. The third-order valence-electron chi connectivity index (χ3n) is 1.07. The zero-order chi connectivity index (χ0) is 8.48. The smallest absolute Gasteiger partial charge is 0.232 e. The van der Waals surface area contributed by atoms with Crippen LogP contribution in [-0.2, 0) is 3.79 Å².